The molecule has 1 heterocycles. The Balaban J connectivity index is 1.80. The Labute approximate surface area is 174 Å². The van der Waals surface area contributed by atoms with Crippen LogP contribution in [0.25, 0.3) is 22.1 Å². The van der Waals surface area contributed by atoms with Crippen molar-refractivity contribution >= 4 is 28.7 Å². The maximum atomic E-state index is 12.4. The molecule has 1 aromatic heterocycles. The van der Waals surface area contributed by atoms with Crippen LogP contribution in [0.15, 0.2) is 63.8 Å². The lowest BCUT2D eigenvalue weighted by atomic mass is 10.0. The average Bonchev–Trinajstić information content (AvgIpc) is 2.72. The second-order valence-corrected chi connectivity index (χ2v) is 7.37. The summed E-state index contributed by atoms with van der Waals surface area (Å²) in [6.07, 6.45) is 0.457. The normalized spacial score (nSPS) is 11.9. The van der Waals surface area contributed by atoms with Gasteiger partial charge in [0.05, 0.1) is 12.7 Å². The van der Waals surface area contributed by atoms with Crippen molar-refractivity contribution in [3.63, 3.8) is 0 Å². The Morgan fingerprint density at radius 2 is 1.83 bits per heavy atom. The summed E-state index contributed by atoms with van der Waals surface area (Å²) in [5.41, 5.74) is 1.53. The van der Waals surface area contributed by atoms with Gasteiger partial charge in [-0.2, -0.15) is 0 Å². The minimum absolute atomic E-state index is 0.199. The molecule has 2 N–H and O–H groups in total. The largest absolute Gasteiger partial charge is 0.467 e. The number of fused-ring (bicyclic) bond motifs is 1. The van der Waals surface area contributed by atoms with Crippen LogP contribution in [0.4, 0.5) is 10.5 Å². The van der Waals surface area contributed by atoms with Gasteiger partial charge >= 0.3 is 17.6 Å². The highest BCUT2D eigenvalue weighted by atomic mass is 16.5. The van der Waals surface area contributed by atoms with Crippen LogP contribution in [0.3, 0.4) is 0 Å². The highest BCUT2D eigenvalue weighted by molar-refractivity contribution is 5.93. The molecule has 0 aliphatic heterocycles. The summed E-state index contributed by atoms with van der Waals surface area (Å²) in [5.74, 6) is -0.300. The number of hydrogen-bond donors (Lipinski definition) is 2. The molecule has 7 heteroatoms. The number of esters is 1. The highest BCUT2D eigenvalue weighted by Crippen LogP contribution is 2.23. The third-order valence-electron chi connectivity index (χ3n) is 4.57. The second-order valence-electron chi connectivity index (χ2n) is 7.37. The summed E-state index contributed by atoms with van der Waals surface area (Å²) in [7, 11) is 1.29. The summed E-state index contributed by atoms with van der Waals surface area (Å²) in [4.78, 5) is 36.7. The monoisotopic (exact) mass is 408 g/mol. The van der Waals surface area contributed by atoms with E-state index in [1.54, 1.807) is 42.5 Å². The first kappa shape index (κ1) is 21.1. The molecule has 0 aliphatic carbocycles. The molecule has 0 radical (unpaired) electrons. The van der Waals surface area contributed by atoms with Gasteiger partial charge in [0.2, 0.25) is 0 Å². The Morgan fingerprint density at radius 1 is 1.07 bits per heavy atom. The molecule has 0 saturated heterocycles. The van der Waals surface area contributed by atoms with Crippen LogP contribution in [0.1, 0.15) is 20.3 Å². The predicted molar refractivity (Wildman–Crippen MR) is 115 cm³/mol. The molecule has 2 amide bonds. The Kier molecular flexibility index (Phi) is 6.51. The molecule has 3 aromatic rings. The molecule has 0 spiro atoms. The van der Waals surface area contributed by atoms with Gasteiger partial charge in [0.1, 0.15) is 11.6 Å². The van der Waals surface area contributed by atoms with Crippen molar-refractivity contribution in [2.24, 2.45) is 5.92 Å². The van der Waals surface area contributed by atoms with Gasteiger partial charge in [0.15, 0.2) is 0 Å². The SMILES string of the molecule is COC(=O)[C@H](CC(C)C)NC(=O)Nc1cccc(-c2cc3ccccc3oc2=O)c1. The first-order valence-corrected chi connectivity index (χ1v) is 9.66. The summed E-state index contributed by atoms with van der Waals surface area (Å²) in [6.45, 7) is 3.91. The van der Waals surface area contributed by atoms with E-state index in [9.17, 15) is 14.4 Å². The van der Waals surface area contributed by atoms with E-state index >= 15 is 0 Å². The Hall–Kier alpha value is -3.61. The number of carbonyl (C=O) groups is 2. The van der Waals surface area contributed by atoms with Crippen molar-refractivity contribution in [1.29, 1.82) is 0 Å². The van der Waals surface area contributed by atoms with Crippen molar-refractivity contribution in [2.45, 2.75) is 26.3 Å². The van der Waals surface area contributed by atoms with E-state index < -0.39 is 23.7 Å². The first-order chi connectivity index (χ1) is 14.4. The number of carbonyl (C=O) groups excluding carboxylic acids is 2. The fourth-order valence-corrected chi connectivity index (χ4v) is 3.18. The number of hydrogen-bond acceptors (Lipinski definition) is 5. The van der Waals surface area contributed by atoms with E-state index in [1.807, 2.05) is 26.0 Å². The molecule has 2 aromatic carbocycles. The fraction of sp³-hybridized carbons (Fsp3) is 0.261. The molecule has 0 unspecified atom stereocenters. The first-order valence-electron chi connectivity index (χ1n) is 9.66. The summed E-state index contributed by atoms with van der Waals surface area (Å²) < 4.78 is 10.2. The predicted octanol–water partition coefficient (Wildman–Crippen LogP) is 4.17. The average molecular weight is 408 g/mol. The minimum atomic E-state index is -0.745. The quantitative estimate of drug-likeness (QED) is 0.471. The number of methoxy groups -OCH3 is 1. The van der Waals surface area contributed by atoms with Crippen LogP contribution in [0, 0.1) is 5.92 Å². The molecule has 7 nitrogen and oxygen atoms in total. The van der Waals surface area contributed by atoms with Gasteiger partial charge in [-0.3, -0.25) is 0 Å². The summed E-state index contributed by atoms with van der Waals surface area (Å²) >= 11 is 0. The number of urea groups is 1. The van der Waals surface area contributed by atoms with Crippen LogP contribution in [0.2, 0.25) is 0 Å². The van der Waals surface area contributed by atoms with Gasteiger partial charge in [-0.1, -0.05) is 44.2 Å². The lowest BCUT2D eigenvalue weighted by Gasteiger charge is -2.18. The van der Waals surface area contributed by atoms with Crippen molar-refractivity contribution in [3.05, 3.63) is 65.0 Å². The van der Waals surface area contributed by atoms with Gasteiger partial charge in [0.25, 0.3) is 0 Å². The van der Waals surface area contributed by atoms with Gasteiger partial charge in [-0.25, -0.2) is 14.4 Å². The molecule has 156 valence electrons. The van der Waals surface area contributed by atoms with Crippen LogP contribution in [0.5, 0.6) is 0 Å². The number of benzene rings is 2. The Morgan fingerprint density at radius 3 is 2.57 bits per heavy atom. The summed E-state index contributed by atoms with van der Waals surface area (Å²) in [6, 6.07) is 14.6. The van der Waals surface area contributed by atoms with Crippen LogP contribution >= 0.6 is 0 Å². The van der Waals surface area contributed by atoms with Gasteiger partial charge in [0, 0.05) is 11.1 Å². The minimum Gasteiger partial charge on any atom is -0.467 e. The van der Waals surface area contributed by atoms with E-state index in [0.717, 1.165) is 5.39 Å². The maximum Gasteiger partial charge on any atom is 0.344 e. The van der Waals surface area contributed by atoms with Gasteiger partial charge in [-0.05, 0) is 42.2 Å². The zero-order chi connectivity index (χ0) is 21.7. The highest BCUT2D eigenvalue weighted by Gasteiger charge is 2.22. The van der Waals surface area contributed by atoms with Crippen LogP contribution in [-0.4, -0.2) is 25.2 Å². The third kappa shape index (κ3) is 5.05. The van der Waals surface area contributed by atoms with Crippen molar-refractivity contribution < 1.29 is 18.7 Å². The van der Waals surface area contributed by atoms with E-state index in [-0.39, 0.29) is 5.92 Å². The van der Waals surface area contributed by atoms with Crippen molar-refractivity contribution in [2.75, 3.05) is 12.4 Å². The number of amides is 2. The van der Waals surface area contributed by atoms with Crippen molar-refractivity contribution in [3.8, 4) is 11.1 Å². The number of anilines is 1. The van der Waals surface area contributed by atoms with Gasteiger partial charge < -0.3 is 19.8 Å². The zero-order valence-electron chi connectivity index (χ0n) is 17.1. The summed E-state index contributed by atoms with van der Waals surface area (Å²) in [5, 5.41) is 6.14. The van der Waals surface area contributed by atoms with E-state index in [1.165, 1.54) is 7.11 Å². The van der Waals surface area contributed by atoms with Crippen LogP contribution in [-0.2, 0) is 9.53 Å². The zero-order valence-corrected chi connectivity index (χ0v) is 17.1. The number of para-hydroxylation sites is 1. The molecule has 1 atom stereocenters. The van der Waals surface area contributed by atoms with E-state index in [4.69, 9.17) is 9.15 Å². The number of nitrogens with one attached hydrogen (secondary N) is 2. The number of rotatable bonds is 6. The molecule has 0 aliphatic rings. The molecule has 0 bridgehead atoms. The van der Waals surface area contributed by atoms with E-state index in [2.05, 4.69) is 10.6 Å². The fourth-order valence-electron chi connectivity index (χ4n) is 3.18. The molecule has 0 saturated carbocycles. The topological polar surface area (TPSA) is 97.6 Å². The molecular weight excluding hydrogens is 384 g/mol. The molecule has 3 rings (SSSR count). The van der Waals surface area contributed by atoms with Crippen LogP contribution < -0.4 is 16.3 Å². The lowest BCUT2D eigenvalue weighted by molar-refractivity contribution is -0.143. The standard InChI is InChI=1S/C23H24N2O5/c1-14(2)11-19(22(27)29-3)25-23(28)24-17-9-6-8-15(12-17)18-13-16-7-4-5-10-20(16)30-21(18)26/h4-10,12-14,19H,11H2,1-3H3,(H2,24,25,28)/t19-/m0/s1. The maximum absolute atomic E-state index is 12.4. The Bertz CT molecular complexity index is 1120. The van der Waals surface area contributed by atoms with E-state index in [0.29, 0.717) is 28.8 Å². The second kappa shape index (κ2) is 9.26. The smallest absolute Gasteiger partial charge is 0.344 e. The lowest BCUT2D eigenvalue weighted by Crippen LogP contribution is -2.44. The molecular formula is C23H24N2O5. The number of ether oxygens (including phenoxy) is 1. The molecule has 30 heavy (non-hydrogen) atoms. The molecule has 0 fully saturated rings. The van der Waals surface area contributed by atoms with Crippen molar-refractivity contribution in [1.82, 2.24) is 5.32 Å². The third-order valence-corrected chi connectivity index (χ3v) is 4.57. The van der Waals surface area contributed by atoms with Gasteiger partial charge in [-0.15, -0.1) is 0 Å².